The van der Waals surface area contributed by atoms with Gasteiger partial charge in [0.2, 0.25) is 0 Å². The van der Waals surface area contributed by atoms with Crippen LogP contribution in [0.4, 0.5) is 0 Å². The largest absolute Gasteiger partial charge is 1.00 e. The van der Waals surface area contributed by atoms with Gasteiger partial charge in [0.05, 0.1) is 11.4 Å². The number of hydrogen-bond donors (Lipinski definition) is 1. The maximum atomic E-state index is 14.2. The number of nitrogens with zero attached hydrogens (tertiary/aromatic N) is 3. The summed E-state index contributed by atoms with van der Waals surface area (Å²) in [5.41, 5.74) is 7.18. The van der Waals surface area contributed by atoms with E-state index in [1.54, 1.807) is 4.57 Å². The summed E-state index contributed by atoms with van der Waals surface area (Å²) in [4.78, 5) is 33.5. The van der Waals surface area contributed by atoms with Crippen molar-refractivity contribution >= 4 is 11.5 Å². The molecule has 1 aliphatic heterocycles. The molecule has 0 atom stereocenters. The van der Waals surface area contributed by atoms with Crippen LogP contribution in [-0.4, -0.2) is 24.5 Å². The van der Waals surface area contributed by atoms with Gasteiger partial charge in [-0.25, -0.2) is 4.98 Å². The zero-order chi connectivity index (χ0) is 29.4. The Morgan fingerprint density at radius 1 is 1.05 bits per heavy atom. The van der Waals surface area contributed by atoms with Crippen LogP contribution in [0.3, 0.4) is 0 Å². The molecule has 5 aromatic rings. The molecule has 7 nitrogen and oxygen atoms in total. The molecule has 6 rings (SSSR count). The Hall–Kier alpha value is -2.66. The monoisotopic (exact) mass is 618 g/mol. The summed E-state index contributed by atoms with van der Waals surface area (Å²) in [6, 6.07) is 22.1. The number of hydrogen-bond acceptors (Lipinski definition) is 6. The SMILES string of the molecule is CCCCc1nc(C)n(-c2ccc3c(c2)CC(C)(C)O3)c(=O)c1Cc1ccc(-c2ccccc2-c2nsc(=O)[nH]2)cc1.[H-].[K+]. The molecular weight excluding hydrogens is 584 g/mol. The second kappa shape index (κ2) is 13.1. The molecule has 216 valence electrons. The Labute approximate surface area is 299 Å². The molecule has 0 saturated heterocycles. The smallest absolute Gasteiger partial charge is 1.00 e. The van der Waals surface area contributed by atoms with Gasteiger partial charge in [-0.05, 0) is 68.5 Å². The topological polar surface area (TPSA) is 89.9 Å². The van der Waals surface area contributed by atoms with Crippen molar-refractivity contribution in [2.45, 2.75) is 65.4 Å². The van der Waals surface area contributed by atoms with Gasteiger partial charge in [-0.2, -0.15) is 4.37 Å². The van der Waals surface area contributed by atoms with Crippen LogP contribution in [0, 0.1) is 6.92 Å². The minimum absolute atomic E-state index is 0. The van der Waals surface area contributed by atoms with Crippen LogP contribution >= 0.6 is 11.5 Å². The van der Waals surface area contributed by atoms with Crippen molar-refractivity contribution in [3.8, 4) is 34.0 Å². The van der Waals surface area contributed by atoms with Gasteiger partial charge in [0.25, 0.3) is 5.56 Å². The first-order chi connectivity index (χ1) is 20.2. The van der Waals surface area contributed by atoms with Crippen molar-refractivity contribution in [1.29, 1.82) is 0 Å². The molecule has 0 saturated carbocycles. The molecule has 0 bridgehead atoms. The van der Waals surface area contributed by atoms with Crippen molar-refractivity contribution in [3.63, 3.8) is 0 Å². The van der Waals surface area contributed by atoms with Gasteiger partial charge in [0.1, 0.15) is 17.2 Å². The van der Waals surface area contributed by atoms with E-state index in [-0.39, 0.29) is 68.8 Å². The van der Waals surface area contributed by atoms with Gasteiger partial charge in [0.15, 0.2) is 5.82 Å². The van der Waals surface area contributed by atoms with Gasteiger partial charge < -0.3 is 6.16 Å². The number of aromatic nitrogens is 4. The summed E-state index contributed by atoms with van der Waals surface area (Å²) in [5.74, 6) is 2.14. The van der Waals surface area contributed by atoms with Gasteiger partial charge in [0, 0.05) is 41.1 Å². The van der Waals surface area contributed by atoms with E-state index in [0.717, 1.165) is 87.7 Å². The molecule has 0 spiro atoms. The fourth-order valence-electron chi connectivity index (χ4n) is 5.78. The third-order valence-corrected chi connectivity index (χ3v) is 8.31. The van der Waals surface area contributed by atoms with Crippen molar-refractivity contribution in [2.75, 3.05) is 0 Å². The van der Waals surface area contributed by atoms with Crippen LogP contribution in [-0.2, 0) is 19.3 Å². The number of aryl methyl sites for hydroxylation is 2. The van der Waals surface area contributed by atoms with Crippen LogP contribution in [0.1, 0.15) is 63.2 Å². The number of nitrogens with one attached hydrogen (secondary N) is 1. The van der Waals surface area contributed by atoms with Gasteiger partial charge >= 0.3 is 56.3 Å². The van der Waals surface area contributed by atoms with Crippen LogP contribution in [0.5, 0.6) is 5.75 Å². The van der Waals surface area contributed by atoms with Crippen molar-refractivity contribution in [2.24, 2.45) is 0 Å². The third-order valence-electron chi connectivity index (χ3n) is 7.77. The Morgan fingerprint density at radius 3 is 2.49 bits per heavy atom. The van der Waals surface area contributed by atoms with Gasteiger partial charge in [-0.15, -0.1) is 0 Å². The predicted molar refractivity (Wildman–Crippen MR) is 169 cm³/mol. The second-order valence-electron chi connectivity index (χ2n) is 11.5. The van der Waals surface area contributed by atoms with Crippen LogP contribution in [0.25, 0.3) is 28.2 Å². The summed E-state index contributed by atoms with van der Waals surface area (Å²) in [5, 5.41) is 0. The normalized spacial score (nSPS) is 13.3. The summed E-state index contributed by atoms with van der Waals surface area (Å²) < 4.78 is 12.1. The van der Waals surface area contributed by atoms with E-state index in [1.807, 2.05) is 43.3 Å². The van der Waals surface area contributed by atoms with Crippen LogP contribution < -0.4 is 66.6 Å². The molecular formula is C34H35KN4O3S. The Morgan fingerprint density at radius 2 is 1.79 bits per heavy atom. The van der Waals surface area contributed by atoms with Crippen molar-refractivity contribution in [1.82, 2.24) is 18.9 Å². The summed E-state index contributed by atoms with van der Waals surface area (Å²) in [7, 11) is 0. The van der Waals surface area contributed by atoms with E-state index >= 15 is 0 Å². The predicted octanol–water partition coefficient (Wildman–Crippen LogP) is 3.78. The molecule has 0 amide bonds. The summed E-state index contributed by atoms with van der Waals surface area (Å²) in [6.45, 7) is 8.22. The molecule has 3 heterocycles. The first-order valence-corrected chi connectivity index (χ1v) is 15.2. The average Bonchev–Trinajstić information content (AvgIpc) is 3.54. The molecule has 9 heteroatoms. The van der Waals surface area contributed by atoms with E-state index in [0.29, 0.717) is 18.1 Å². The molecule has 0 aliphatic carbocycles. The van der Waals surface area contributed by atoms with Gasteiger partial charge in [-0.3, -0.25) is 19.1 Å². The maximum absolute atomic E-state index is 14.2. The van der Waals surface area contributed by atoms with E-state index in [2.05, 4.69) is 60.5 Å². The number of aromatic amines is 1. The molecule has 1 aliphatic rings. The summed E-state index contributed by atoms with van der Waals surface area (Å²) in [6.07, 6.45) is 4.07. The van der Waals surface area contributed by atoms with E-state index in [1.165, 1.54) is 0 Å². The molecule has 0 fully saturated rings. The number of ether oxygens (including phenoxy) is 1. The fraction of sp³-hybridized carbons (Fsp3) is 0.294. The van der Waals surface area contributed by atoms with Crippen LogP contribution in [0.15, 0.2) is 76.3 Å². The second-order valence-corrected chi connectivity index (χ2v) is 12.3. The van der Waals surface area contributed by atoms with E-state index in [9.17, 15) is 9.59 Å². The molecule has 43 heavy (non-hydrogen) atoms. The number of H-pyrrole nitrogens is 1. The zero-order valence-corrected chi connectivity index (χ0v) is 29.3. The van der Waals surface area contributed by atoms with E-state index in [4.69, 9.17) is 9.72 Å². The van der Waals surface area contributed by atoms with Crippen molar-refractivity contribution < 1.29 is 57.5 Å². The minimum Gasteiger partial charge on any atom is -1.00 e. The standard InChI is InChI=1S/C34H34N4O3S.K.H/c1-5-6-11-29-28(32(39)38(21(2)35-29)25-16-17-30-24(19-25)20-34(3,4)41-30)18-22-12-14-23(15-13-22)26-9-7-8-10-27(26)31-36-33(40)42-37-31;;/h7-10,12-17,19H,5-6,11,18,20H2,1-4H3,(H,36,37,40);;/q;+1;-1. The van der Waals surface area contributed by atoms with Crippen molar-refractivity contribution in [3.05, 3.63) is 115 Å². The zero-order valence-electron chi connectivity index (χ0n) is 26.4. The minimum atomic E-state index is -0.251. The average molecular weight is 619 g/mol. The number of rotatable bonds is 8. The number of benzene rings is 3. The van der Waals surface area contributed by atoms with Gasteiger partial charge in [-0.1, -0.05) is 61.9 Å². The maximum Gasteiger partial charge on any atom is 1.00 e. The first-order valence-electron chi connectivity index (χ1n) is 14.4. The van der Waals surface area contributed by atoms with E-state index < -0.39 is 0 Å². The Balaban J connectivity index is 0.00000221. The molecule has 3 aromatic carbocycles. The van der Waals surface area contributed by atoms with Crippen LogP contribution in [0.2, 0.25) is 0 Å². The Bertz CT molecular complexity index is 1900. The Kier molecular flexibility index (Phi) is 9.70. The number of unbranched alkanes of at least 4 members (excludes halogenated alkanes) is 1. The third kappa shape index (κ3) is 6.72. The molecule has 0 unspecified atom stereocenters. The first kappa shape index (κ1) is 31.8. The number of fused-ring (bicyclic) bond motifs is 1. The molecule has 0 radical (unpaired) electrons. The quantitative estimate of drug-likeness (QED) is 0.268. The molecule has 1 N–H and O–H groups in total. The fourth-order valence-corrected chi connectivity index (χ4v) is 6.24. The summed E-state index contributed by atoms with van der Waals surface area (Å²) >= 11 is 0.916. The molecule has 2 aromatic heterocycles.